The molecular formula is C13H11ClFN7O2. The fourth-order valence-electron chi connectivity index (χ4n) is 1.97. The molecule has 9 nitrogen and oxygen atoms in total. The number of benzene rings is 1. The van der Waals surface area contributed by atoms with Crippen LogP contribution in [-0.2, 0) is 13.0 Å². The van der Waals surface area contributed by atoms with E-state index in [0.29, 0.717) is 23.7 Å². The molecule has 2 N–H and O–H groups in total. The third-order valence-corrected chi connectivity index (χ3v) is 3.47. The van der Waals surface area contributed by atoms with Crippen LogP contribution in [0.25, 0.3) is 0 Å². The third-order valence-electron chi connectivity index (χ3n) is 3.18. The highest BCUT2D eigenvalue weighted by molar-refractivity contribution is 6.31. The maximum atomic E-state index is 13.2. The van der Waals surface area contributed by atoms with Crippen molar-refractivity contribution in [3.63, 3.8) is 0 Å². The molecule has 2 heterocycles. The summed E-state index contributed by atoms with van der Waals surface area (Å²) in [4.78, 5) is 3.82. The molecule has 0 bridgehead atoms. The molecule has 0 unspecified atom stereocenters. The lowest BCUT2D eigenvalue weighted by Crippen LogP contribution is -2.28. The zero-order valence-electron chi connectivity index (χ0n) is 12.1. The minimum absolute atomic E-state index is 0.0538. The molecule has 124 valence electrons. The largest absolute Gasteiger partial charge is 0.282 e. The number of aromatic nitrogens is 5. The molecular weight excluding hydrogens is 341 g/mol. The van der Waals surface area contributed by atoms with Crippen LogP contribution in [0.5, 0.6) is 0 Å². The topological polar surface area (TPSA) is 117 Å². The first-order valence-corrected chi connectivity index (χ1v) is 7.11. The Kier molecular flexibility index (Phi) is 4.49. The smallest absolute Gasteiger partial charge is 0.181 e. The van der Waals surface area contributed by atoms with Crippen molar-refractivity contribution < 1.29 is 14.2 Å². The molecule has 0 aliphatic carbocycles. The summed E-state index contributed by atoms with van der Waals surface area (Å²) < 4.78 is 19.4. The van der Waals surface area contributed by atoms with E-state index in [1.54, 1.807) is 4.68 Å². The number of rotatable bonds is 5. The standard InChI is InChI=1S/C13H11ClFN7O2/c14-9-5-8(1-2-10(9)15)22(23)13(16)12-11(19-24-20-12)3-4-21-7-17-6-18-21/h1-2,5-7,16,23H,3-4H2. The van der Waals surface area contributed by atoms with Gasteiger partial charge in [-0.15, -0.1) is 0 Å². The number of hydrogen-bond acceptors (Lipinski definition) is 7. The van der Waals surface area contributed by atoms with Crippen LogP contribution in [0.2, 0.25) is 5.02 Å². The van der Waals surface area contributed by atoms with Crippen LogP contribution in [0.3, 0.4) is 0 Å². The van der Waals surface area contributed by atoms with Crippen molar-refractivity contribution in [2.24, 2.45) is 0 Å². The Bertz CT molecular complexity index is 852. The first-order chi connectivity index (χ1) is 11.6. The van der Waals surface area contributed by atoms with Gasteiger partial charge in [-0.05, 0) is 23.4 Å². The summed E-state index contributed by atoms with van der Waals surface area (Å²) in [5.41, 5.74) is 0.525. The Balaban J connectivity index is 1.77. The minimum Gasteiger partial charge on any atom is -0.282 e. The highest BCUT2D eigenvalue weighted by Gasteiger charge is 2.21. The summed E-state index contributed by atoms with van der Waals surface area (Å²) in [5, 5.41) is 29.9. The average molecular weight is 352 g/mol. The fourth-order valence-corrected chi connectivity index (χ4v) is 2.14. The van der Waals surface area contributed by atoms with Crippen molar-refractivity contribution in [3.8, 4) is 0 Å². The van der Waals surface area contributed by atoms with E-state index in [4.69, 9.17) is 17.0 Å². The molecule has 0 aliphatic heterocycles. The Morgan fingerprint density at radius 3 is 2.96 bits per heavy atom. The number of halogens is 2. The Morgan fingerprint density at radius 2 is 2.25 bits per heavy atom. The van der Waals surface area contributed by atoms with Crippen molar-refractivity contribution in [1.82, 2.24) is 25.1 Å². The van der Waals surface area contributed by atoms with Crippen LogP contribution in [0, 0.1) is 11.2 Å². The van der Waals surface area contributed by atoms with E-state index in [-0.39, 0.29) is 22.2 Å². The van der Waals surface area contributed by atoms with Gasteiger partial charge in [0.15, 0.2) is 11.5 Å². The number of amidine groups is 1. The second-order valence-electron chi connectivity index (χ2n) is 4.73. The van der Waals surface area contributed by atoms with E-state index in [1.165, 1.54) is 24.8 Å². The summed E-state index contributed by atoms with van der Waals surface area (Å²) in [7, 11) is 0. The van der Waals surface area contributed by atoms with Gasteiger partial charge in [0.2, 0.25) is 0 Å². The van der Waals surface area contributed by atoms with Crippen LogP contribution < -0.4 is 5.06 Å². The quantitative estimate of drug-likeness (QED) is 0.409. The maximum absolute atomic E-state index is 13.2. The van der Waals surface area contributed by atoms with Gasteiger partial charge in [-0.3, -0.25) is 15.3 Å². The van der Waals surface area contributed by atoms with Gasteiger partial charge < -0.3 is 0 Å². The zero-order valence-corrected chi connectivity index (χ0v) is 12.9. The average Bonchev–Trinajstić information content (AvgIpc) is 3.25. The van der Waals surface area contributed by atoms with E-state index in [0.717, 1.165) is 6.07 Å². The number of nitrogens with one attached hydrogen (secondary N) is 1. The Hall–Kier alpha value is -2.85. The summed E-state index contributed by atoms with van der Waals surface area (Å²) in [6.45, 7) is 0.447. The van der Waals surface area contributed by atoms with Crippen LogP contribution in [-0.4, -0.2) is 36.1 Å². The van der Waals surface area contributed by atoms with Crippen molar-refractivity contribution in [1.29, 1.82) is 5.41 Å². The van der Waals surface area contributed by atoms with Crippen molar-refractivity contribution in [2.45, 2.75) is 13.0 Å². The molecule has 1 aromatic carbocycles. The van der Waals surface area contributed by atoms with Crippen LogP contribution in [0.4, 0.5) is 10.1 Å². The lowest BCUT2D eigenvalue weighted by atomic mass is 10.2. The third kappa shape index (κ3) is 3.24. The molecule has 2 aromatic heterocycles. The van der Waals surface area contributed by atoms with Gasteiger partial charge >= 0.3 is 0 Å². The predicted molar refractivity (Wildman–Crippen MR) is 80.5 cm³/mol. The monoisotopic (exact) mass is 351 g/mol. The second-order valence-corrected chi connectivity index (χ2v) is 5.13. The SMILES string of the molecule is N=C(c1nonc1CCn1cncn1)N(O)c1ccc(F)c(Cl)c1. The van der Waals surface area contributed by atoms with Gasteiger partial charge in [0.1, 0.15) is 24.2 Å². The van der Waals surface area contributed by atoms with Crippen LogP contribution >= 0.6 is 11.6 Å². The van der Waals surface area contributed by atoms with Crippen molar-refractivity contribution >= 4 is 23.1 Å². The van der Waals surface area contributed by atoms with Crippen LogP contribution in [0.15, 0.2) is 35.5 Å². The number of hydroxylamine groups is 1. The lowest BCUT2D eigenvalue weighted by Gasteiger charge is -2.16. The molecule has 0 saturated carbocycles. The number of hydrogen-bond donors (Lipinski definition) is 2. The number of anilines is 1. The molecule has 0 aliphatic rings. The molecule has 0 atom stereocenters. The highest BCUT2D eigenvalue weighted by Crippen LogP contribution is 2.23. The van der Waals surface area contributed by atoms with E-state index >= 15 is 0 Å². The van der Waals surface area contributed by atoms with Gasteiger partial charge in [-0.25, -0.2) is 19.1 Å². The first-order valence-electron chi connectivity index (χ1n) is 6.73. The molecule has 0 spiro atoms. The molecule has 0 fully saturated rings. The van der Waals surface area contributed by atoms with E-state index in [1.807, 2.05) is 0 Å². The lowest BCUT2D eigenvalue weighted by molar-refractivity contribution is 0.297. The predicted octanol–water partition coefficient (Wildman–Crippen LogP) is 1.92. The van der Waals surface area contributed by atoms with Crippen molar-refractivity contribution in [3.05, 3.63) is 53.1 Å². The summed E-state index contributed by atoms with van der Waals surface area (Å²) >= 11 is 5.68. The Labute approximate surface area is 139 Å². The van der Waals surface area contributed by atoms with Gasteiger partial charge in [0.25, 0.3) is 0 Å². The number of nitrogens with zero attached hydrogens (tertiary/aromatic N) is 6. The van der Waals surface area contributed by atoms with E-state index < -0.39 is 5.82 Å². The molecule has 24 heavy (non-hydrogen) atoms. The summed E-state index contributed by atoms with van der Waals surface area (Å²) in [6.07, 6.45) is 3.30. The highest BCUT2D eigenvalue weighted by atomic mass is 35.5. The van der Waals surface area contributed by atoms with Gasteiger partial charge in [0, 0.05) is 13.0 Å². The number of aryl methyl sites for hydroxylation is 2. The van der Waals surface area contributed by atoms with Gasteiger partial charge in [-0.2, -0.15) is 5.10 Å². The molecule has 0 radical (unpaired) electrons. The fraction of sp³-hybridized carbons (Fsp3) is 0.154. The van der Waals surface area contributed by atoms with Gasteiger partial charge in [0.05, 0.1) is 10.7 Å². The first kappa shape index (κ1) is 16.0. The minimum atomic E-state index is -0.628. The second kappa shape index (κ2) is 6.72. The molecule has 0 saturated heterocycles. The van der Waals surface area contributed by atoms with Crippen molar-refractivity contribution in [2.75, 3.05) is 5.06 Å². The van der Waals surface area contributed by atoms with Gasteiger partial charge in [-0.1, -0.05) is 16.8 Å². The molecule has 3 aromatic rings. The molecule has 0 amide bonds. The zero-order chi connectivity index (χ0) is 17.1. The van der Waals surface area contributed by atoms with Crippen LogP contribution in [0.1, 0.15) is 11.4 Å². The molecule has 3 rings (SSSR count). The summed E-state index contributed by atoms with van der Waals surface area (Å²) in [5.74, 6) is -1.01. The maximum Gasteiger partial charge on any atom is 0.181 e. The van der Waals surface area contributed by atoms with E-state index in [2.05, 4.69) is 25.0 Å². The Morgan fingerprint density at radius 1 is 1.42 bits per heavy atom. The summed E-state index contributed by atoms with van der Waals surface area (Å²) in [6, 6.07) is 3.55. The van der Waals surface area contributed by atoms with E-state index in [9.17, 15) is 9.60 Å². The molecule has 11 heteroatoms. The normalized spacial score (nSPS) is 10.8.